The lowest BCUT2D eigenvalue weighted by Crippen LogP contribution is -2.21. The molecule has 7 heteroatoms. The highest BCUT2D eigenvalue weighted by Crippen LogP contribution is 2.34. The summed E-state index contributed by atoms with van der Waals surface area (Å²) in [7, 11) is -4.35. The van der Waals surface area contributed by atoms with Crippen LogP contribution in [0.2, 0.25) is 0 Å². The van der Waals surface area contributed by atoms with Crippen molar-refractivity contribution in [2.75, 3.05) is 19.7 Å². The number of phosphoric ester groups is 1. The van der Waals surface area contributed by atoms with E-state index < -0.39 is 7.82 Å². The molecule has 4 N–H and O–H groups in total. The molecule has 0 aliphatic heterocycles. The van der Waals surface area contributed by atoms with Crippen molar-refractivity contribution in [1.29, 1.82) is 0 Å². The van der Waals surface area contributed by atoms with Crippen LogP contribution in [0, 0.1) is 0 Å². The Balaban J connectivity index is 3.23. The van der Waals surface area contributed by atoms with Crippen LogP contribution in [0.25, 0.3) is 0 Å². The number of hydrogen-bond donors (Lipinski definition) is 4. The van der Waals surface area contributed by atoms with E-state index in [9.17, 15) is 4.57 Å². The Morgan fingerprint density at radius 2 is 2.17 bits per heavy atom. The molecule has 0 rings (SSSR count). The first-order valence-corrected chi connectivity index (χ1v) is 4.72. The Morgan fingerprint density at radius 3 is 2.58 bits per heavy atom. The zero-order valence-electron chi connectivity index (χ0n) is 6.43. The molecule has 0 saturated heterocycles. The van der Waals surface area contributed by atoms with Gasteiger partial charge in [-0.2, -0.15) is 0 Å². The van der Waals surface area contributed by atoms with Gasteiger partial charge in [0.1, 0.15) is 0 Å². The zero-order valence-corrected chi connectivity index (χ0v) is 7.33. The van der Waals surface area contributed by atoms with Crippen LogP contribution in [0.1, 0.15) is 0 Å². The molecule has 0 aromatic carbocycles. The lowest BCUT2D eigenvalue weighted by molar-refractivity contribution is 0.197. The predicted octanol–water partition coefficient (Wildman–Crippen LogP) is -0.243. The minimum Gasteiger partial charge on any atom is -0.512 e. The minimum atomic E-state index is -4.35. The second-order valence-electron chi connectivity index (χ2n) is 2.07. The first-order chi connectivity index (χ1) is 5.42. The maximum Gasteiger partial charge on any atom is 0.469 e. The molecule has 0 aromatic rings. The highest BCUT2D eigenvalue weighted by molar-refractivity contribution is 7.46. The third kappa shape index (κ3) is 9.61. The van der Waals surface area contributed by atoms with E-state index in [1.807, 2.05) is 0 Å². The molecule has 0 radical (unpaired) electrons. The van der Waals surface area contributed by atoms with Crippen molar-refractivity contribution in [2.24, 2.45) is 0 Å². The average Bonchev–Trinajstić information content (AvgIpc) is 1.83. The SMILES string of the molecule is C=C(O)CNCCOP(=O)(O)O. The van der Waals surface area contributed by atoms with Crippen molar-refractivity contribution in [3.63, 3.8) is 0 Å². The maximum atomic E-state index is 10.1. The fourth-order valence-corrected chi connectivity index (χ4v) is 0.799. The van der Waals surface area contributed by atoms with Gasteiger partial charge in [0.15, 0.2) is 0 Å². The second-order valence-corrected chi connectivity index (χ2v) is 3.31. The smallest absolute Gasteiger partial charge is 0.469 e. The lowest BCUT2D eigenvalue weighted by Gasteiger charge is -2.05. The van der Waals surface area contributed by atoms with E-state index in [-0.39, 0.29) is 25.5 Å². The van der Waals surface area contributed by atoms with Gasteiger partial charge in [-0.25, -0.2) is 4.57 Å². The molecule has 6 nitrogen and oxygen atoms in total. The highest BCUT2D eigenvalue weighted by atomic mass is 31.2. The summed E-state index contributed by atoms with van der Waals surface area (Å²) in [5.74, 6) is -0.0359. The summed E-state index contributed by atoms with van der Waals surface area (Å²) in [6, 6.07) is 0. The zero-order chi connectivity index (χ0) is 9.61. The summed E-state index contributed by atoms with van der Waals surface area (Å²) in [6.45, 7) is 3.51. The predicted molar refractivity (Wildman–Crippen MR) is 42.6 cm³/mol. The molecular weight excluding hydrogens is 185 g/mol. The number of aliphatic hydroxyl groups excluding tert-OH is 1. The van der Waals surface area contributed by atoms with Crippen molar-refractivity contribution >= 4 is 7.82 Å². The van der Waals surface area contributed by atoms with Gasteiger partial charge >= 0.3 is 7.82 Å². The number of rotatable bonds is 6. The van der Waals surface area contributed by atoms with Gasteiger partial charge in [-0.15, -0.1) is 0 Å². The van der Waals surface area contributed by atoms with Crippen LogP contribution in [0.15, 0.2) is 12.3 Å². The Bertz CT molecular complexity index is 188. The number of nitrogens with one attached hydrogen (secondary N) is 1. The van der Waals surface area contributed by atoms with E-state index in [0.717, 1.165) is 0 Å². The topological polar surface area (TPSA) is 99.0 Å². The largest absolute Gasteiger partial charge is 0.512 e. The van der Waals surface area contributed by atoms with Crippen molar-refractivity contribution in [3.8, 4) is 0 Å². The standard InChI is InChI=1S/C5H12NO5P/c1-5(7)4-6-2-3-11-12(8,9)10/h6-7H,1-4H2,(H2,8,9,10). The average molecular weight is 197 g/mol. The van der Waals surface area contributed by atoms with E-state index >= 15 is 0 Å². The van der Waals surface area contributed by atoms with E-state index in [1.54, 1.807) is 0 Å². The van der Waals surface area contributed by atoms with Crippen LogP contribution in [-0.2, 0) is 9.09 Å². The van der Waals surface area contributed by atoms with Crippen molar-refractivity contribution < 1.29 is 24.0 Å². The normalized spacial score (nSPS) is 11.5. The summed E-state index contributed by atoms with van der Waals surface area (Å²) >= 11 is 0. The molecule has 0 fully saturated rings. The maximum absolute atomic E-state index is 10.1. The first kappa shape index (κ1) is 11.6. The Hall–Kier alpha value is -0.390. The number of aliphatic hydroxyl groups is 1. The first-order valence-electron chi connectivity index (χ1n) is 3.19. The van der Waals surface area contributed by atoms with Gasteiger partial charge < -0.3 is 20.2 Å². The van der Waals surface area contributed by atoms with Crippen molar-refractivity contribution in [1.82, 2.24) is 5.32 Å². The fraction of sp³-hybridized carbons (Fsp3) is 0.600. The van der Waals surface area contributed by atoms with E-state index in [2.05, 4.69) is 16.4 Å². The van der Waals surface area contributed by atoms with E-state index in [4.69, 9.17) is 14.9 Å². The molecule has 0 bridgehead atoms. The monoisotopic (exact) mass is 197 g/mol. The Labute approximate surface area is 70.1 Å². The molecule has 0 heterocycles. The van der Waals surface area contributed by atoms with Crippen LogP contribution in [-0.4, -0.2) is 34.6 Å². The molecule has 0 saturated carbocycles. The Morgan fingerprint density at radius 1 is 1.58 bits per heavy atom. The second kappa shape index (κ2) is 5.29. The van der Waals surface area contributed by atoms with Gasteiger partial charge in [0.2, 0.25) is 0 Å². The fourth-order valence-electron chi connectivity index (χ4n) is 0.469. The highest BCUT2D eigenvalue weighted by Gasteiger charge is 2.12. The van der Waals surface area contributed by atoms with Gasteiger partial charge in [0.25, 0.3) is 0 Å². The molecule has 0 aromatic heterocycles. The summed E-state index contributed by atoms with van der Waals surface area (Å²) in [4.78, 5) is 16.4. The third-order valence-electron chi connectivity index (χ3n) is 0.867. The van der Waals surface area contributed by atoms with Gasteiger partial charge in [-0.3, -0.25) is 4.52 Å². The van der Waals surface area contributed by atoms with Gasteiger partial charge in [0, 0.05) is 6.54 Å². The van der Waals surface area contributed by atoms with Crippen LogP contribution >= 0.6 is 7.82 Å². The molecule has 0 aliphatic rings. The minimum absolute atomic E-state index is 0.0359. The molecule has 0 amide bonds. The third-order valence-corrected chi connectivity index (χ3v) is 1.39. The van der Waals surface area contributed by atoms with Crippen LogP contribution in [0.5, 0.6) is 0 Å². The van der Waals surface area contributed by atoms with Crippen molar-refractivity contribution in [3.05, 3.63) is 12.3 Å². The van der Waals surface area contributed by atoms with E-state index in [0.29, 0.717) is 0 Å². The summed E-state index contributed by atoms with van der Waals surface area (Å²) in [5, 5.41) is 11.2. The molecule has 12 heavy (non-hydrogen) atoms. The molecule has 0 unspecified atom stereocenters. The summed E-state index contributed by atoms with van der Waals surface area (Å²) < 4.78 is 14.2. The number of phosphoric acid groups is 1. The van der Waals surface area contributed by atoms with E-state index in [1.165, 1.54) is 0 Å². The molecule has 0 spiro atoms. The molecular formula is C5H12NO5P. The summed E-state index contributed by atoms with van der Waals surface area (Å²) in [5.41, 5.74) is 0. The van der Waals surface area contributed by atoms with Gasteiger partial charge in [-0.1, -0.05) is 6.58 Å². The number of hydrogen-bond acceptors (Lipinski definition) is 4. The quantitative estimate of drug-likeness (QED) is 0.266. The molecule has 0 aliphatic carbocycles. The van der Waals surface area contributed by atoms with Gasteiger partial charge in [0.05, 0.1) is 18.9 Å². The lowest BCUT2D eigenvalue weighted by atomic mass is 10.5. The Kier molecular flexibility index (Phi) is 5.12. The van der Waals surface area contributed by atoms with Crippen LogP contribution in [0.4, 0.5) is 0 Å². The van der Waals surface area contributed by atoms with Gasteiger partial charge in [-0.05, 0) is 0 Å². The molecule has 72 valence electrons. The van der Waals surface area contributed by atoms with Crippen LogP contribution < -0.4 is 5.32 Å². The summed E-state index contributed by atoms with van der Waals surface area (Å²) in [6.07, 6.45) is 0. The van der Waals surface area contributed by atoms with Crippen LogP contribution in [0.3, 0.4) is 0 Å². The van der Waals surface area contributed by atoms with Crippen molar-refractivity contribution in [2.45, 2.75) is 0 Å². The molecule has 0 atom stereocenters.